The second-order valence-corrected chi connectivity index (χ2v) is 4.96. The van der Waals surface area contributed by atoms with Crippen LogP contribution in [0.1, 0.15) is 10.4 Å². The molecule has 0 spiro atoms. The van der Waals surface area contributed by atoms with Gasteiger partial charge in [0.2, 0.25) is 0 Å². The smallest absolute Gasteiger partial charge is 0.346 e. The van der Waals surface area contributed by atoms with Crippen molar-refractivity contribution in [2.45, 2.75) is 0 Å². The Bertz CT molecular complexity index is 711. The first-order valence-corrected chi connectivity index (χ1v) is 7.22. The SMILES string of the molecule is COc1cccc(OC)c1C(=O)OCC(=O)Nc1ccc(Cl)cn1. The maximum absolute atomic E-state index is 12.2. The van der Waals surface area contributed by atoms with Crippen LogP contribution in [-0.4, -0.2) is 37.7 Å². The molecular weight excluding hydrogens is 336 g/mol. The second kappa shape index (κ2) is 8.16. The second-order valence-electron chi connectivity index (χ2n) is 4.52. The standard InChI is InChI=1S/C16H15ClN2O5/c1-22-11-4-3-5-12(23-2)15(11)16(21)24-9-14(20)19-13-7-6-10(17)8-18-13/h3-8H,9H2,1-2H3,(H,18,19,20). The molecule has 1 aromatic heterocycles. The number of ether oxygens (including phenoxy) is 3. The molecule has 0 radical (unpaired) electrons. The summed E-state index contributed by atoms with van der Waals surface area (Å²) < 4.78 is 15.2. The van der Waals surface area contributed by atoms with Crippen molar-refractivity contribution in [1.82, 2.24) is 4.98 Å². The lowest BCUT2D eigenvalue weighted by molar-refractivity contribution is -0.119. The number of aromatic nitrogens is 1. The first kappa shape index (κ1) is 17.6. The van der Waals surface area contributed by atoms with Crippen LogP contribution >= 0.6 is 11.6 Å². The van der Waals surface area contributed by atoms with Crippen molar-refractivity contribution in [3.8, 4) is 11.5 Å². The van der Waals surface area contributed by atoms with E-state index in [4.69, 9.17) is 25.8 Å². The highest BCUT2D eigenvalue weighted by atomic mass is 35.5. The van der Waals surface area contributed by atoms with Gasteiger partial charge in [-0.15, -0.1) is 0 Å². The molecule has 1 amide bonds. The van der Waals surface area contributed by atoms with Crippen LogP contribution in [0.2, 0.25) is 5.02 Å². The number of nitrogens with one attached hydrogen (secondary N) is 1. The number of nitrogens with zero attached hydrogens (tertiary/aromatic N) is 1. The summed E-state index contributed by atoms with van der Waals surface area (Å²) in [5.74, 6) is -0.385. The van der Waals surface area contributed by atoms with Crippen LogP contribution in [0.15, 0.2) is 36.5 Å². The maximum Gasteiger partial charge on any atom is 0.346 e. The highest BCUT2D eigenvalue weighted by Gasteiger charge is 2.20. The van der Waals surface area contributed by atoms with Gasteiger partial charge in [0, 0.05) is 6.20 Å². The number of anilines is 1. The zero-order chi connectivity index (χ0) is 17.5. The third-order valence-electron chi connectivity index (χ3n) is 2.96. The minimum Gasteiger partial charge on any atom is -0.496 e. The molecule has 0 saturated heterocycles. The molecule has 0 aliphatic carbocycles. The van der Waals surface area contributed by atoms with Crippen molar-refractivity contribution >= 4 is 29.3 Å². The van der Waals surface area contributed by atoms with Crippen molar-refractivity contribution in [1.29, 1.82) is 0 Å². The Morgan fingerprint density at radius 3 is 2.33 bits per heavy atom. The van der Waals surface area contributed by atoms with Gasteiger partial charge < -0.3 is 19.5 Å². The first-order chi connectivity index (χ1) is 11.5. The number of amides is 1. The fourth-order valence-corrected chi connectivity index (χ4v) is 2.00. The van der Waals surface area contributed by atoms with Crippen molar-refractivity contribution in [2.75, 3.05) is 26.1 Å². The van der Waals surface area contributed by atoms with Crippen molar-refractivity contribution < 1.29 is 23.8 Å². The maximum atomic E-state index is 12.2. The molecule has 1 N–H and O–H groups in total. The minimum atomic E-state index is -0.733. The topological polar surface area (TPSA) is 86.8 Å². The fourth-order valence-electron chi connectivity index (χ4n) is 1.88. The van der Waals surface area contributed by atoms with Gasteiger partial charge >= 0.3 is 5.97 Å². The molecule has 2 rings (SSSR count). The summed E-state index contributed by atoms with van der Waals surface area (Å²) in [4.78, 5) is 27.9. The number of rotatable bonds is 6. The van der Waals surface area contributed by atoms with Crippen molar-refractivity contribution in [3.05, 3.63) is 47.1 Å². The van der Waals surface area contributed by atoms with E-state index in [9.17, 15) is 9.59 Å². The normalized spacial score (nSPS) is 9.96. The van der Waals surface area contributed by atoms with Gasteiger partial charge in [-0.3, -0.25) is 4.79 Å². The Hall–Kier alpha value is -2.80. The molecule has 0 atom stereocenters. The van der Waals surface area contributed by atoms with Gasteiger partial charge in [0.15, 0.2) is 6.61 Å². The molecule has 0 unspecified atom stereocenters. The highest BCUT2D eigenvalue weighted by Crippen LogP contribution is 2.28. The number of halogens is 1. The molecule has 0 bridgehead atoms. The highest BCUT2D eigenvalue weighted by molar-refractivity contribution is 6.30. The van der Waals surface area contributed by atoms with E-state index in [1.54, 1.807) is 24.3 Å². The summed E-state index contributed by atoms with van der Waals surface area (Å²) in [5, 5.41) is 2.93. The van der Waals surface area contributed by atoms with E-state index in [2.05, 4.69) is 10.3 Å². The lowest BCUT2D eigenvalue weighted by Gasteiger charge is -2.12. The molecule has 0 aliphatic heterocycles. The number of carbonyl (C=O) groups is 2. The van der Waals surface area contributed by atoms with Gasteiger partial charge in [0.25, 0.3) is 5.91 Å². The van der Waals surface area contributed by atoms with Crippen LogP contribution in [0.5, 0.6) is 11.5 Å². The molecule has 0 fully saturated rings. The summed E-state index contributed by atoms with van der Waals surface area (Å²) in [6.07, 6.45) is 1.39. The Morgan fingerprint density at radius 2 is 1.79 bits per heavy atom. The molecule has 0 saturated carbocycles. The molecule has 24 heavy (non-hydrogen) atoms. The molecule has 2 aromatic rings. The number of methoxy groups -OCH3 is 2. The van der Waals surface area contributed by atoms with Crippen molar-refractivity contribution in [3.63, 3.8) is 0 Å². The Labute approximate surface area is 143 Å². The third kappa shape index (κ3) is 4.36. The van der Waals surface area contributed by atoms with Gasteiger partial charge in [-0.1, -0.05) is 17.7 Å². The van der Waals surface area contributed by atoms with E-state index in [0.29, 0.717) is 22.3 Å². The lowest BCUT2D eigenvalue weighted by atomic mass is 10.2. The molecular formula is C16H15ClN2O5. The molecule has 0 aliphatic rings. The predicted octanol–water partition coefficient (Wildman–Crippen LogP) is 2.55. The van der Waals surface area contributed by atoms with Gasteiger partial charge in [-0.25, -0.2) is 9.78 Å². The summed E-state index contributed by atoms with van der Waals surface area (Å²) in [6, 6.07) is 7.97. The number of benzene rings is 1. The van der Waals surface area contributed by atoms with Gasteiger partial charge in [0.1, 0.15) is 22.9 Å². The summed E-state index contributed by atoms with van der Waals surface area (Å²) in [7, 11) is 2.84. The molecule has 126 valence electrons. The summed E-state index contributed by atoms with van der Waals surface area (Å²) in [6.45, 7) is -0.482. The third-order valence-corrected chi connectivity index (χ3v) is 3.18. The van der Waals surface area contributed by atoms with E-state index < -0.39 is 18.5 Å². The van der Waals surface area contributed by atoms with Gasteiger partial charge in [0.05, 0.1) is 19.2 Å². The van der Waals surface area contributed by atoms with E-state index in [1.165, 1.54) is 26.5 Å². The van der Waals surface area contributed by atoms with Gasteiger partial charge in [-0.2, -0.15) is 0 Å². The van der Waals surface area contributed by atoms with Crippen LogP contribution in [0.3, 0.4) is 0 Å². The molecule has 1 aromatic carbocycles. The Kier molecular flexibility index (Phi) is 5.97. The minimum absolute atomic E-state index is 0.111. The van der Waals surface area contributed by atoms with E-state index in [0.717, 1.165) is 0 Å². The number of pyridine rings is 1. The Balaban J connectivity index is 2.00. The zero-order valence-corrected chi connectivity index (χ0v) is 13.8. The molecule has 8 heteroatoms. The Morgan fingerprint density at radius 1 is 1.12 bits per heavy atom. The van der Waals surface area contributed by atoms with Gasteiger partial charge in [-0.05, 0) is 24.3 Å². The summed E-state index contributed by atoms with van der Waals surface area (Å²) >= 11 is 5.71. The van der Waals surface area contributed by atoms with Crippen LogP contribution in [0.25, 0.3) is 0 Å². The number of carbonyl (C=O) groups excluding carboxylic acids is 2. The lowest BCUT2D eigenvalue weighted by Crippen LogP contribution is -2.21. The molecule has 1 heterocycles. The average molecular weight is 351 g/mol. The zero-order valence-electron chi connectivity index (χ0n) is 13.0. The molecule has 7 nitrogen and oxygen atoms in total. The predicted molar refractivity (Wildman–Crippen MR) is 87.7 cm³/mol. The van der Waals surface area contributed by atoms with Crippen LogP contribution in [0.4, 0.5) is 5.82 Å². The quantitative estimate of drug-likeness (QED) is 0.806. The monoisotopic (exact) mass is 350 g/mol. The number of esters is 1. The summed E-state index contributed by atoms with van der Waals surface area (Å²) in [5.41, 5.74) is 0.111. The first-order valence-electron chi connectivity index (χ1n) is 6.84. The van der Waals surface area contributed by atoms with Crippen LogP contribution in [-0.2, 0) is 9.53 Å². The van der Waals surface area contributed by atoms with Crippen molar-refractivity contribution in [2.24, 2.45) is 0 Å². The van der Waals surface area contributed by atoms with E-state index in [-0.39, 0.29) is 5.56 Å². The number of hydrogen-bond donors (Lipinski definition) is 1. The van der Waals surface area contributed by atoms with E-state index >= 15 is 0 Å². The largest absolute Gasteiger partial charge is 0.496 e. The van der Waals surface area contributed by atoms with Crippen LogP contribution < -0.4 is 14.8 Å². The van der Waals surface area contributed by atoms with Crippen LogP contribution in [0, 0.1) is 0 Å². The van der Waals surface area contributed by atoms with E-state index in [1.807, 2.05) is 0 Å². The fraction of sp³-hybridized carbons (Fsp3) is 0.188. The number of hydrogen-bond acceptors (Lipinski definition) is 6. The average Bonchev–Trinajstić information content (AvgIpc) is 2.60.